The van der Waals surface area contributed by atoms with Gasteiger partial charge < -0.3 is 10.2 Å². The lowest BCUT2D eigenvalue weighted by molar-refractivity contribution is -0.116. The molecule has 4 rings (SSSR count). The number of carbonyl (C=O) groups is 3. The van der Waals surface area contributed by atoms with Crippen LogP contribution in [0, 0.1) is 12.7 Å². The third-order valence-corrected chi connectivity index (χ3v) is 5.13. The molecule has 9 heteroatoms. The number of pyridine rings is 1. The molecule has 0 saturated carbocycles. The highest BCUT2D eigenvalue weighted by atomic mass is 19.1. The van der Waals surface area contributed by atoms with Crippen LogP contribution in [0.5, 0.6) is 0 Å². The molecule has 32 heavy (non-hydrogen) atoms. The molecule has 1 fully saturated rings. The second-order valence-corrected chi connectivity index (χ2v) is 7.40. The van der Waals surface area contributed by atoms with E-state index >= 15 is 0 Å². The second kappa shape index (κ2) is 8.10. The fourth-order valence-electron chi connectivity index (χ4n) is 3.50. The molecule has 0 atom stereocenters. The Bertz CT molecular complexity index is 1300. The van der Waals surface area contributed by atoms with Gasteiger partial charge in [0.15, 0.2) is 0 Å². The first-order chi connectivity index (χ1) is 15.3. The molecule has 0 aliphatic carbocycles. The molecule has 1 aliphatic heterocycles. The molecule has 1 aromatic heterocycles. The van der Waals surface area contributed by atoms with Gasteiger partial charge in [-0.05, 0) is 61.0 Å². The van der Waals surface area contributed by atoms with Crippen LogP contribution in [0.15, 0.2) is 65.6 Å². The van der Waals surface area contributed by atoms with Crippen molar-refractivity contribution in [3.8, 4) is 5.69 Å². The van der Waals surface area contributed by atoms with Crippen LogP contribution in [0.3, 0.4) is 0 Å². The number of hydrogen-bond acceptors (Lipinski definition) is 4. The van der Waals surface area contributed by atoms with E-state index in [1.807, 2.05) is 0 Å². The van der Waals surface area contributed by atoms with E-state index in [-0.39, 0.29) is 18.0 Å². The van der Waals surface area contributed by atoms with Crippen molar-refractivity contribution in [2.24, 2.45) is 0 Å². The zero-order valence-corrected chi connectivity index (χ0v) is 17.3. The van der Waals surface area contributed by atoms with Crippen molar-refractivity contribution in [3.05, 3.63) is 88.1 Å². The lowest BCUT2D eigenvalue weighted by atomic mass is 10.1. The molecule has 0 unspecified atom stereocenters. The predicted octanol–water partition coefficient (Wildman–Crippen LogP) is 2.94. The summed E-state index contributed by atoms with van der Waals surface area (Å²) in [5.41, 5.74) is 0.887. The van der Waals surface area contributed by atoms with Gasteiger partial charge in [-0.3, -0.25) is 19.0 Å². The first kappa shape index (κ1) is 21.0. The van der Waals surface area contributed by atoms with Gasteiger partial charge >= 0.3 is 6.03 Å². The number of hydrogen-bond donors (Lipinski definition) is 1. The number of halogens is 1. The summed E-state index contributed by atoms with van der Waals surface area (Å²) in [6, 6.07) is 12.8. The summed E-state index contributed by atoms with van der Waals surface area (Å²) in [4.78, 5) is 52.7. The van der Waals surface area contributed by atoms with Gasteiger partial charge in [0, 0.05) is 24.6 Å². The van der Waals surface area contributed by atoms with Crippen LogP contribution in [0.2, 0.25) is 0 Å². The van der Waals surface area contributed by atoms with Crippen LogP contribution < -0.4 is 15.8 Å². The maximum atomic E-state index is 13.2. The fourth-order valence-corrected chi connectivity index (χ4v) is 3.50. The topological polar surface area (TPSA) is 91.7 Å². The summed E-state index contributed by atoms with van der Waals surface area (Å²) < 4.78 is 14.5. The molecule has 162 valence electrons. The van der Waals surface area contributed by atoms with Crippen LogP contribution in [0.25, 0.3) is 5.69 Å². The first-order valence-electron chi connectivity index (χ1n) is 9.74. The van der Waals surface area contributed by atoms with Crippen LogP contribution in [-0.4, -0.2) is 40.9 Å². The minimum absolute atomic E-state index is 0.0262. The number of likely N-dealkylation sites (N-methyl/N-ethyl adjacent to an activating group) is 1. The fraction of sp³-hybridized carbons (Fsp3) is 0.130. The molecule has 2 heterocycles. The number of aryl methyl sites for hydroxylation is 1. The van der Waals surface area contributed by atoms with E-state index < -0.39 is 23.3 Å². The Balaban J connectivity index is 1.65. The molecule has 1 saturated heterocycles. The van der Waals surface area contributed by atoms with Gasteiger partial charge in [0.25, 0.3) is 17.4 Å². The van der Waals surface area contributed by atoms with Gasteiger partial charge in [0.05, 0.1) is 5.69 Å². The van der Waals surface area contributed by atoms with Crippen molar-refractivity contribution in [1.29, 1.82) is 0 Å². The van der Waals surface area contributed by atoms with Crippen molar-refractivity contribution < 1.29 is 18.8 Å². The highest BCUT2D eigenvalue weighted by Gasteiger charge is 2.34. The SMILES string of the molecule is Cc1ccn(-c2ccc(F)cc2)c(=O)c1C(=O)Nc1cccc(N2C(=O)CN(C)C2=O)c1. The third-order valence-electron chi connectivity index (χ3n) is 5.13. The van der Waals surface area contributed by atoms with Crippen molar-refractivity contribution in [2.75, 3.05) is 23.8 Å². The third kappa shape index (κ3) is 3.76. The molecule has 3 aromatic rings. The Hall–Kier alpha value is -4.27. The van der Waals surface area contributed by atoms with E-state index in [0.717, 1.165) is 4.90 Å². The van der Waals surface area contributed by atoms with Gasteiger partial charge in [-0.1, -0.05) is 6.07 Å². The highest BCUT2D eigenvalue weighted by Crippen LogP contribution is 2.24. The highest BCUT2D eigenvalue weighted by molar-refractivity contribution is 6.20. The molecular formula is C23H19FN4O4. The number of aromatic nitrogens is 1. The van der Waals surface area contributed by atoms with Crippen molar-refractivity contribution >= 4 is 29.2 Å². The Morgan fingerprint density at radius 2 is 1.72 bits per heavy atom. The number of nitrogens with zero attached hydrogens (tertiary/aromatic N) is 3. The van der Waals surface area contributed by atoms with Gasteiger partial charge in [0.1, 0.15) is 17.9 Å². The summed E-state index contributed by atoms with van der Waals surface area (Å²) in [6.45, 7) is 1.61. The summed E-state index contributed by atoms with van der Waals surface area (Å²) in [6.07, 6.45) is 1.52. The van der Waals surface area contributed by atoms with Crippen molar-refractivity contribution in [1.82, 2.24) is 9.47 Å². The molecular weight excluding hydrogens is 415 g/mol. The smallest absolute Gasteiger partial charge is 0.322 e. The van der Waals surface area contributed by atoms with E-state index in [1.54, 1.807) is 31.2 Å². The van der Waals surface area contributed by atoms with Crippen molar-refractivity contribution in [3.63, 3.8) is 0 Å². The van der Waals surface area contributed by atoms with Crippen LogP contribution in [0.1, 0.15) is 15.9 Å². The van der Waals surface area contributed by atoms with E-state index in [2.05, 4.69) is 5.32 Å². The Labute approximate surface area is 182 Å². The maximum Gasteiger partial charge on any atom is 0.331 e. The average molecular weight is 434 g/mol. The van der Waals surface area contributed by atoms with E-state index in [1.165, 1.54) is 53.0 Å². The zero-order chi connectivity index (χ0) is 23.0. The minimum atomic E-state index is -0.641. The molecule has 0 radical (unpaired) electrons. The quantitative estimate of drug-likeness (QED) is 0.639. The lowest BCUT2D eigenvalue weighted by Crippen LogP contribution is -2.31. The van der Waals surface area contributed by atoms with Crippen LogP contribution >= 0.6 is 0 Å². The monoisotopic (exact) mass is 434 g/mol. The Kier molecular flexibility index (Phi) is 5.31. The van der Waals surface area contributed by atoms with Gasteiger partial charge in [0.2, 0.25) is 0 Å². The maximum absolute atomic E-state index is 13.2. The molecule has 1 aliphatic rings. The van der Waals surface area contributed by atoms with Gasteiger partial charge in [-0.15, -0.1) is 0 Å². The largest absolute Gasteiger partial charge is 0.331 e. The lowest BCUT2D eigenvalue weighted by Gasteiger charge is -2.16. The molecule has 0 bridgehead atoms. The Morgan fingerprint density at radius 3 is 2.38 bits per heavy atom. The average Bonchev–Trinajstić information content (AvgIpc) is 3.00. The summed E-state index contributed by atoms with van der Waals surface area (Å²) in [5, 5.41) is 2.66. The van der Waals surface area contributed by atoms with E-state index in [4.69, 9.17) is 0 Å². The number of carbonyl (C=O) groups excluding carboxylic acids is 3. The zero-order valence-electron chi connectivity index (χ0n) is 17.3. The molecule has 1 N–H and O–H groups in total. The number of rotatable bonds is 4. The Morgan fingerprint density at radius 1 is 1.00 bits per heavy atom. The second-order valence-electron chi connectivity index (χ2n) is 7.40. The molecule has 2 aromatic carbocycles. The molecule has 4 amide bonds. The first-order valence-corrected chi connectivity index (χ1v) is 9.74. The normalized spacial score (nSPS) is 13.6. The number of benzene rings is 2. The summed E-state index contributed by atoms with van der Waals surface area (Å²) in [5.74, 6) is -1.45. The minimum Gasteiger partial charge on any atom is -0.322 e. The number of urea groups is 1. The number of anilines is 2. The standard InChI is InChI=1S/C23H19FN4O4/c1-14-10-11-27(17-8-6-15(24)7-9-17)22(31)20(14)21(30)25-16-4-3-5-18(12-16)28-19(29)13-26(2)23(28)32/h3-12H,13H2,1-2H3,(H,25,30). The van der Waals surface area contributed by atoms with E-state index in [9.17, 15) is 23.6 Å². The van der Waals surface area contributed by atoms with Gasteiger partial charge in [-0.25, -0.2) is 14.1 Å². The van der Waals surface area contributed by atoms with Gasteiger partial charge in [-0.2, -0.15) is 0 Å². The van der Waals surface area contributed by atoms with E-state index in [0.29, 0.717) is 22.6 Å². The van der Waals surface area contributed by atoms with Crippen molar-refractivity contribution in [2.45, 2.75) is 6.92 Å². The number of imide groups is 1. The van der Waals surface area contributed by atoms with Crippen LogP contribution in [0.4, 0.5) is 20.6 Å². The molecule has 0 spiro atoms. The molecule has 8 nitrogen and oxygen atoms in total. The van der Waals surface area contributed by atoms with Crippen LogP contribution in [-0.2, 0) is 4.79 Å². The number of amides is 4. The number of nitrogens with one attached hydrogen (secondary N) is 1. The summed E-state index contributed by atoms with van der Waals surface area (Å²) >= 11 is 0. The predicted molar refractivity (Wildman–Crippen MR) is 117 cm³/mol. The summed E-state index contributed by atoms with van der Waals surface area (Å²) in [7, 11) is 1.52.